The van der Waals surface area contributed by atoms with Gasteiger partial charge in [0.15, 0.2) is 11.5 Å². The van der Waals surface area contributed by atoms with Gasteiger partial charge in [-0.05, 0) is 6.07 Å². The number of carboxylic acid groups (broad SMARTS) is 1. The highest BCUT2D eigenvalue weighted by atomic mass is 16.5. The van der Waals surface area contributed by atoms with Crippen molar-refractivity contribution >= 4 is 11.9 Å². The number of phenols is 1. The van der Waals surface area contributed by atoms with Gasteiger partial charge in [0.05, 0.1) is 13.0 Å². The van der Waals surface area contributed by atoms with Crippen LogP contribution >= 0.6 is 0 Å². The molecule has 0 saturated carbocycles. The molecule has 1 aliphatic rings. The molecule has 1 aromatic rings. The number of carbonyl (C=O) groups is 2. The number of aliphatic carboxylic acids is 1. The van der Waals surface area contributed by atoms with Crippen molar-refractivity contribution in [3.8, 4) is 11.5 Å². The van der Waals surface area contributed by atoms with Gasteiger partial charge in [0, 0.05) is 25.1 Å². The topological polar surface area (TPSA) is 87.1 Å². The van der Waals surface area contributed by atoms with E-state index < -0.39 is 11.9 Å². The maximum atomic E-state index is 11.7. The third-order valence-electron chi connectivity index (χ3n) is 3.23. The molecule has 1 fully saturated rings. The van der Waals surface area contributed by atoms with Gasteiger partial charge < -0.3 is 19.8 Å². The van der Waals surface area contributed by atoms with Gasteiger partial charge in [-0.25, -0.2) is 0 Å². The number of carbonyl (C=O) groups excluding carboxylic acids is 1. The first-order valence-electron chi connectivity index (χ1n) is 5.88. The number of aromatic hydroxyl groups is 1. The summed E-state index contributed by atoms with van der Waals surface area (Å²) in [5.74, 6) is -1.53. The summed E-state index contributed by atoms with van der Waals surface area (Å²) in [6.45, 7) is 0.358. The number of ether oxygens (including phenoxy) is 1. The molecule has 0 aromatic heterocycles. The summed E-state index contributed by atoms with van der Waals surface area (Å²) >= 11 is 0. The van der Waals surface area contributed by atoms with E-state index >= 15 is 0 Å². The fraction of sp³-hybridized carbons (Fsp3) is 0.385. The first-order valence-corrected chi connectivity index (χ1v) is 5.88. The average Bonchev–Trinajstić information content (AvgIpc) is 2.74. The fourth-order valence-electron chi connectivity index (χ4n) is 2.16. The number of rotatable bonds is 4. The zero-order valence-electron chi connectivity index (χ0n) is 10.5. The van der Waals surface area contributed by atoms with Crippen LogP contribution in [0.2, 0.25) is 0 Å². The summed E-state index contributed by atoms with van der Waals surface area (Å²) in [5.41, 5.74) is 0.540. The van der Waals surface area contributed by atoms with E-state index in [9.17, 15) is 14.7 Å². The highest BCUT2D eigenvalue weighted by Crippen LogP contribution is 2.31. The van der Waals surface area contributed by atoms with Gasteiger partial charge in [0.25, 0.3) is 0 Å². The van der Waals surface area contributed by atoms with Crippen LogP contribution in [0, 0.1) is 5.92 Å². The molecule has 1 aliphatic heterocycles. The molecule has 0 radical (unpaired) electrons. The van der Waals surface area contributed by atoms with Crippen molar-refractivity contribution in [2.24, 2.45) is 5.92 Å². The Morgan fingerprint density at radius 2 is 2.26 bits per heavy atom. The van der Waals surface area contributed by atoms with Gasteiger partial charge in [0.2, 0.25) is 5.91 Å². The molecule has 102 valence electrons. The summed E-state index contributed by atoms with van der Waals surface area (Å²) in [6.07, 6.45) is 0.0140. The van der Waals surface area contributed by atoms with Crippen molar-refractivity contribution in [3.05, 3.63) is 23.8 Å². The number of phenolic OH excluding ortho intramolecular Hbond substituents is 1. The number of nitrogens with zero attached hydrogens (tertiary/aromatic N) is 1. The number of hydrogen-bond donors (Lipinski definition) is 2. The Labute approximate surface area is 110 Å². The molecular formula is C13H15NO5. The van der Waals surface area contributed by atoms with Crippen LogP contribution in [-0.4, -0.2) is 40.6 Å². The Morgan fingerprint density at radius 1 is 1.53 bits per heavy atom. The molecular weight excluding hydrogens is 250 g/mol. The van der Waals surface area contributed by atoms with Crippen LogP contribution in [0.3, 0.4) is 0 Å². The molecule has 0 unspecified atom stereocenters. The molecule has 0 aliphatic carbocycles. The first kappa shape index (κ1) is 13.2. The minimum Gasteiger partial charge on any atom is -0.504 e. The second-order valence-electron chi connectivity index (χ2n) is 4.48. The molecule has 1 heterocycles. The van der Waals surface area contributed by atoms with Crippen molar-refractivity contribution in [3.63, 3.8) is 0 Å². The highest BCUT2D eigenvalue weighted by Gasteiger charge is 2.34. The summed E-state index contributed by atoms with van der Waals surface area (Å²) in [5, 5.41) is 18.8. The fourth-order valence-corrected chi connectivity index (χ4v) is 2.16. The number of likely N-dealkylation sites (tertiary alicyclic amines) is 1. The van der Waals surface area contributed by atoms with Crippen LogP contribution in [0.5, 0.6) is 11.5 Å². The van der Waals surface area contributed by atoms with Crippen molar-refractivity contribution < 1.29 is 24.5 Å². The Kier molecular flexibility index (Phi) is 3.59. The molecule has 2 N–H and O–H groups in total. The van der Waals surface area contributed by atoms with Crippen LogP contribution in [0.15, 0.2) is 18.2 Å². The number of methoxy groups -OCH3 is 1. The second kappa shape index (κ2) is 5.17. The molecule has 1 aromatic carbocycles. The zero-order valence-corrected chi connectivity index (χ0v) is 10.5. The van der Waals surface area contributed by atoms with Gasteiger partial charge in [-0.15, -0.1) is 0 Å². The molecule has 19 heavy (non-hydrogen) atoms. The molecule has 1 saturated heterocycles. The predicted octanol–water partition coefficient (Wildman–Crippen LogP) is 0.834. The van der Waals surface area contributed by atoms with E-state index in [0.29, 0.717) is 11.3 Å². The molecule has 0 spiro atoms. The Hall–Kier alpha value is -2.24. The van der Waals surface area contributed by atoms with E-state index in [-0.39, 0.29) is 31.2 Å². The molecule has 6 heteroatoms. The van der Waals surface area contributed by atoms with Crippen LogP contribution in [-0.2, 0) is 16.1 Å². The van der Waals surface area contributed by atoms with Gasteiger partial charge in [-0.3, -0.25) is 9.59 Å². The third-order valence-corrected chi connectivity index (χ3v) is 3.23. The largest absolute Gasteiger partial charge is 0.504 e. The normalized spacial score (nSPS) is 18.7. The first-order chi connectivity index (χ1) is 9.02. The lowest BCUT2D eigenvalue weighted by Crippen LogP contribution is -2.25. The lowest BCUT2D eigenvalue weighted by Gasteiger charge is -2.17. The Balaban J connectivity index is 2.14. The van der Waals surface area contributed by atoms with Crippen LogP contribution in [0.25, 0.3) is 0 Å². The predicted molar refractivity (Wildman–Crippen MR) is 65.8 cm³/mol. The van der Waals surface area contributed by atoms with E-state index in [0.717, 1.165) is 0 Å². The zero-order chi connectivity index (χ0) is 14.0. The maximum Gasteiger partial charge on any atom is 0.308 e. The molecule has 2 rings (SSSR count). The van der Waals surface area contributed by atoms with Gasteiger partial charge in [0.1, 0.15) is 0 Å². The number of hydrogen-bond acceptors (Lipinski definition) is 4. The molecule has 1 amide bonds. The molecule has 6 nitrogen and oxygen atoms in total. The minimum atomic E-state index is -0.967. The molecule has 0 bridgehead atoms. The van der Waals surface area contributed by atoms with E-state index in [1.165, 1.54) is 12.0 Å². The lowest BCUT2D eigenvalue weighted by molar-refractivity contribution is -0.141. The lowest BCUT2D eigenvalue weighted by atomic mass is 10.1. The summed E-state index contributed by atoms with van der Waals surface area (Å²) < 4.78 is 4.99. The SMILES string of the molecule is COc1cccc(CN2C[C@@H](C(=O)O)CC2=O)c1O. The minimum absolute atomic E-state index is 0.0140. The Morgan fingerprint density at radius 3 is 2.84 bits per heavy atom. The van der Waals surface area contributed by atoms with E-state index in [2.05, 4.69) is 0 Å². The van der Waals surface area contributed by atoms with Crippen LogP contribution < -0.4 is 4.74 Å². The maximum absolute atomic E-state index is 11.7. The van der Waals surface area contributed by atoms with Crippen molar-refractivity contribution in [1.82, 2.24) is 4.90 Å². The van der Waals surface area contributed by atoms with Crippen molar-refractivity contribution in [2.75, 3.05) is 13.7 Å². The van der Waals surface area contributed by atoms with E-state index in [1.807, 2.05) is 0 Å². The second-order valence-corrected chi connectivity index (χ2v) is 4.48. The van der Waals surface area contributed by atoms with Crippen molar-refractivity contribution in [2.45, 2.75) is 13.0 Å². The number of benzene rings is 1. The summed E-state index contributed by atoms with van der Waals surface area (Å²) in [4.78, 5) is 24.0. The van der Waals surface area contributed by atoms with Gasteiger partial charge in [-0.2, -0.15) is 0 Å². The summed E-state index contributed by atoms with van der Waals surface area (Å²) in [6, 6.07) is 5.01. The standard InChI is InChI=1S/C13H15NO5/c1-19-10-4-2-3-8(12(10)16)6-14-7-9(13(17)18)5-11(14)15/h2-4,9,16H,5-7H2,1H3,(H,17,18)/t9-/m0/s1. The number of carboxylic acids is 1. The Bertz CT molecular complexity index is 514. The summed E-state index contributed by atoms with van der Waals surface area (Å²) in [7, 11) is 1.44. The smallest absolute Gasteiger partial charge is 0.308 e. The van der Waals surface area contributed by atoms with E-state index in [1.54, 1.807) is 18.2 Å². The monoisotopic (exact) mass is 265 g/mol. The number of para-hydroxylation sites is 1. The van der Waals surface area contributed by atoms with Crippen LogP contribution in [0.4, 0.5) is 0 Å². The number of amides is 1. The van der Waals surface area contributed by atoms with Gasteiger partial charge >= 0.3 is 5.97 Å². The third kappa shape index (κ3) is 2.62. The highest BCUT2D eigenvalue weighted by molar-refractivity contribution is 5.86. The average molecular weight is 265 g/mol. The van der Waals surface area contributed by atoms with E-state index in [4.69, 9.17) is 9.84 Å². The van der Waals surface area contributed by atoms with Crippen LogP contribution in [0.1, 0.15) is 12.0 Å². The quantitative estimate of drug-likeness (QED) is 0.842. The van der Waals surface area contributed by atoms with Gasteiger partial charge in [-0.1, -0.05) is 12.1 Å². The van der Waals surface area contributed by atoms with Crippen molar-refractivity contribution in [1.29, 1.82) is 0 Å². The molecule has 1 atom stereocenters.